The first-order valence-corrected chi connectivity index (χ1v) is 6.13. The van der Waals surface area contributed by atoms with Crippen LogP contribution in [0.25, 0.3) is 6.08 Å². The predicted molar refractivity (Wildman–Crippen MR) is 69.4 cm³/mol. The lowest BCUT2D eigenvalue weighted by Crippen LogP contribution is -2.23. The molecule has 0 bridgehead atoms. The van der Waals surface area contributed by atoms with Crippen LogP contribution >= 0.6 is 12.6 Å². The van der Waals surface area contributed by atoms with Crippen molar-refractivity contribution in [2.75, 3.05) is 12.3 Å². The van der Waals surface area contributed by atoms with Crippen molar-refractivity contribution >= 4 is 18.7 Å². The fourth-order valence-corrected chi connectivity index (χ4v) is 2.05. The van der Waals surface area contributed by atoms with Gasteiger partial charge in [0.05, 0.1) is 0 Å². The number of allylic oxidation sites excluding steroid dienone is 1. The Hall–Kier alpha value is -0.730. The van der Waals surface area contributed by atoms with Gasteiger partial charge in [0.25, 0.3) is 0 Å². The largest absolute Gasteiger partial charge is 0.312 e. The van der Waals surface area contributed by atoms with Gasteiger partial charge in [0.2, 0.25) is 0 Å². The Labute approximate surface area is 97.0 Å². The highest BCUT2D eigenvalue weighted by molar-refractivity contribution is 7.80. The number of thiol groups is 1. The highest BCUT2D eigenvalue weighted by atomic mass is 32.1. The molecular weight excluding hydrogens is 202 g/mol. The molecule has 0 saturated heterocycles. The van der Waals surface area contributed by atoms with Gasteiger partial charge >= 0.3 is 0 Å². The highest BCUT2D eigenvalue weighted by Gasteiger charge is 2.07. The molecule has 1 N–H and O–H groups in total. The second kappa shape index (κ2) is 5.38. The smallest absolute Gasteiger partial charge is 0.0208 e. The second-order valence-corrected chi connectivity index (χ2v) is 4.32. The maximum absolute atomic E-state index is 4.19. The number of benzene rings is 1. The summed E-state index contributed by atoms with van der Waals surface area (Å²) in [5, 5.41) is 3.40. The van der Waals surface area contributed by atoms with E-state index in [1.54, 1.807) is 0 Å². The van der Waals surface area contributed by atoms with Crippen LogP contribution in [0.15, 0.2) is 24.3 Å². The number of rotatable bonds is 3. The minimum atomic E-state index is 0.920. The van der Waals surface area contributed by atoms with Crippen LogP contribution in [0.3, 0.4) is 0 Å². The fourth-order valence-electron chi connectivity index (χ4n) is 1.90. The summed E-state index contributed by atoms with van der Waals surface area (Å²) in [4.78, 5) is 0. The Kier molecular flexibility index (Phi) is 3.87. The van der Waals surface area contributed by atoms with Crippen molar-refractivity contribution in [1.29, 1.82) is 0 Å². The SMILES string of the molecule is SCCC=Cc1ccc2c(c1)CNCC2. The van der Waals surface area contributed by atoms with Crippen LogP contribution in [0.1, 0.15) is 23.1 Å². The first kappa shape index (κ1) is 10.8. The first-order chi connectivity index (χ1) is 7.40. The Bertz CT molecular complexity index is 358. The molecule has 0 spiro atoms. The van der Waals surface area contributed by atoms with Crippen LogP contribution in [0.2, 0.25) is 0 Å². The lowest BCUT2D eigenvalue weighted by atomic mass is 9.98. The second-order valence-electron chi connectivity index (χ2n) is 3.87. The molecule has 0 fully saturated rings. The van der Waals surface area contributed by atoms with Crippen LogP contribution in [0.4, 0.5) is 0 Å². The number of nitrogens with one attached hydrogen (secondary N) is 1. The van der Waals surface area contributed by atoms with Crippen molar-refractivity contribution in [2.45, 2.75) is 19.4 Å². The quantitative estimate of drug-likeness (QED) is 0.745. The van der Waals surface area contributed by atoms with Crippen LogP contribution in [-0.4, -0.2) is 12.3 Å². The zero-order valence-electron chi connectivity index (χ0n) is 8.87. The molecule has 0 unspecified atom stereocenters. The van der Waals surface area contributed by atoms with Gasteiger partial charge < -0.3 is 5.32 Å². The van der Waals surface area contributed by atoms with E-state index in [2.05, 4.69) is 48.3 Å². The Morgan fingerprint density at radius 2 is 2.27 bits per heavy atom. The van der Waals surface area contributed by atoms with E-state index in [4.69, 9.17) is 0 Å². The topological polar surface area (TPSA) is 12.0 Å². The molecule has 0 aromatic heterocycles. The van der Waals surface area contributed by atoms with Crippen LogP contribution < -0.4 is 5.32 Å². The summed E-state index contributed by atoms with van der Waals surface area (Å²) in [5.41, 5.74) is 4.26. The summed E-state index contributed by atoms with van der Waals surface area (Å²) >= 11 is 4.19. The van der Waals surface area contributed by atoms with Crippen molar-refractivity contribution in [1.82, 2.24) is 5.32 Å². The molecule has 1 nitrogen and oxygen atoms in total. The molecule has 2 heteroatoms. The molecule has 15 heavy (non-hydrogen) atoms. The molecule has 0 aliphatic carbocycles. The van der Waals surface area contributed by atoms with Crippen molar-refractivity contribution < 1.29 is 0 Å². The van der Waals surface area contributed by atoms with Crippen LogP contribution in [-0.2, 0) is 13.0 Å². The van der Waals surface area contributed by atoms with Gasteiger partial charge in [-0.15, -0.1) is 0 Å². The Balaban J connectivity index is 2.13. The third-order valence-electron chi connectivity index (χ3n) is 2.72. The Morgan fingerprint density at radius 1 is 1.33 bits per heavy atom. The molecule has 0 radical (unpaired) electrons. The molecule has 1 heterocycles. The average Bonchev–Trinajstić information content (AvgIpc) is 2.29. The lowest BCUT2D eigenvalue weighted by molar-refractivity contribution is 0.643. The van der Waals surface area contributed by atoms with Crippen LogP contribution in [0, 0.1) is 0 Å². The summed E-state index contributed by atoms with van der Waals surface area (Å²) in [6, 6.07) is 6.76. The van der Waals surface area contributed by atoms with E-state index in [0.717, 1.165) is 31.7 Å². The molecule has 0 saturated carbocycles. The third kappa shape index (κ3) is 2.86. The van der Waals surface area contributed by atoms with E-state index in [-0.39, 0.29) is 0 Å². The van der Waals surface area contributed by atoms with Gasteiger partial charge in [-0.1, -0.05) is 30.4 Å². The summed E-state index contributed by atoms with van der Waals surface area (Å²) in [7, 11) is 0. The van der Waals surface area contributed by atoms with E-state index < -0.39 is 0 Å². The van der Waals surface area contributed by atoms with Gasteiger partial charge in [0.15, 0.2) is 0 Å². The van der Waals surface area contributed by atoms with E-state index in [1.165, 1.54) is 16.7 Å². The van der Waals surface area contributed by atoms with Gasteiger partial charge in [-0.3, -0.25) is 0 Å². The minimum Gasteiger partial charge on any atom is -0.312 e. The molecule has 0 atom stereocenters. The van der Waals surface area contributed by atoms with E-state index in [1.807, 2.05) is 0 Å². The summed E-state index contributed by atoms with van der Waals surface area (Å²) in [6.45, 7) is 2.13. The normalized spacial score (nSPS) is 15.5. The van der Waals surface area contributed by atoms with Crippen molar-refractivity contribution in [3.8, 4) is 0 Å². The number of hydrogen-bond donors (Lipinski definition) is 2. The maximum Gasteiger partial charge on any atom is 0.0208 e. The van der Waals surface area contributed by atoms with Gasteiger partial charge in [0, 0.05) is 6.54 Å². The molecule has 80 valence electrons. The number of hydrogen-bond acceptors (Lipinski definition) is 2. The Morgan fingerprint density at radius 3 is 3.13 bits per heavy atom. The van der Waals surface area contributed by atoms with Crippen molar-refractivity contribution in [3.63, 3.8) is 0 Å². The first-order valence-electron chi connectivity index (χ1n) is 5.50. The molecule has 0 amide bonds. The monoisotopic (exact) mass is 219 g/mol. The summed E-state index contributed by atoms with van der Waals surface area (Å²) in [5.74, 6) is 0.920. The average molecular weight is 219 g/mol. The van der Waals surface area contributed by atoms with Crippen molar-refractivity contribution in [3.05, 3.63) is 41.0 Å². The van der Waals surface area contributed by atoms with Gasteiger partial charge in [-0.25, -0.2) is 0 Å². The molecule has 1 aromatic rings. The van der Waals surface area contributed by atoms with E-state index >= 15 is 0 Å². The molecular formula is C13H17NS. The van der Waals surface area contributed by atoms with E-state index in [9.17, 15) is 0 Å². The zero-order chi connectivity index (χ0) is 10.5. The minimum absolute atomic E-state index is 0.920. The molecule has 1 aromatic carbocycles. The summed E-state index contributed by atoms with van der Waals surface area (Å²) in [6.07, 6.45) is 6.57. The van der Waals surface area contributed by atoms with Crippen molar-refractivity contribution in [2.24, 2.45) is 0 Å². The molecule has 1 aliphatic heterocycles. The number of fused-ring (bicyclic) bond motifs is 1. The molecule has 2 rings (SSSR count). The standard InChI is InChI=1S/C13H17NS/c15-8-2-1-3-11-4-5-12-6-7-14-10-13(12)9-11/h1,3-5,9,14-15H,2,6-8,10H2. The van der Waals surface area contributed by atoms with Gasteiger partial charge in [-0.2, -0.15) is 12.6 Å². The van der Waals surface area contributed by atoms with Crippen LogP contribution in [0.5, 0.6) is 0 Å². The maximum atomic E-state index is 4.19. The zero-order valence-corrected chi connectivity index (χ0v) is 9.76. The summed E-state index contributed by atoms with van der Waals surface area (Å²) < 4.78 is 0. The predicted octanol–water partition coefficient (Wildman–Crippen LogP) is 2.67. The lowest BCUT2D eigenvalue weighted by Gasteiger charge is -2.17. The van der Waals surface area contributed by atoms with E-state index in [0.29, 0.717) is 0 Å². The van der Waals surface area contributed by atoms with Gasteiger partial charge in [-0.05, 0) is 41.8 Å². The third-order valence-corrected chi connectivity index (χ3v) is 2.98. The fraction of sp³-hybridized carbons (Fsp3) is 0.385. The molecule has 1 aliphatic rings. The highest BCUT2D eigenvalue weighted by Crippen LogP contribution is 2.16. The van der Waals surface area contributed by atoms with Gasteiger partial charge in [0.1, 0.15) is 0 Å².